The highest BCUT2D eigenvalue weighted by Gasteiger charge is 2.18. The zero-order chi connectivity index (χ0) is 14.3. The van der Waals surface area contributed by atoms with Gasteiger partial charge in [0.1, 0.15) is 6.20 Å². The molecule has 0 aromatic carbocycles. The van der Waals surface area contributed by atoms with E-state index in [9.17, 15) is 10.1 Å². The van der Waals surface area contributed by atoms with Gasteiger partial charge in [0.2, 0.25) is 5.95 Å². The van der Waals surface area contributed by atoms with Gasteiger partial charge in [0.05, 0.1) is 11.5 Å². The van der Waals surface area contributed by atoms with Gasteiger partial charge in [-0.3, -0.25) is 10.1 Å². The predicted octanol–water partition coefficient (Wildman–Crippen LogP) is 2.63. The molecule has 19 heavy (non-hydrogen) atoms. The fourth-order valence-electron chi connectivity index (χ4n) is 1.30. The Morgan fingerprint density at radius 1 is 1.53 bits per heavy atom. The van der Waals surface area contributed by atoms with Crippen molar-refractivity contribution < 1.29 is 9.66 Å². The first-order valence-electron chi connectivity index (χ1n) is 6.42. The highest BCUT2D eigenvalue weighted by molar-refractivity contribution is 5.43. The van der Waals surface area contributed by atoms with Crippen LogP contribution < -0.4 is 10.1 Å². The molecule has 0 amide bonds. The minimum absolute atomic E-state index is 0.0271. The quantitative estimate of drug-likeness (QED) is 0.575. The van der Waals surface area contributed by atoms with E-state index in [0.29, 0.717) is 25.0 Å². The van der Waals surface area contributed by atoms with E-state index in [1.807, 2.05) is 6.92 Å². The molecule has 0 radical (unpaired) electrons. The van der Waals surface area contributed by atoms with Crippen molar-refractivity contribution in [1.29, 1.82) is 0 Å². The third-order valence-corrected chi connectivity index (χ3v) is 2.40. The van der Waals surface area contributed by atoms with E-state index in [-0.39, 0.29) is 11.6 Å². The number of rotatable bonds is 8. The minimum Gasteiger partial charge on any atom is -0.473 e. The molecular weight excluding hydrogens is 248 g/mol. The summed E-state index contributed by atoms with van der Waals surface area (Å²) in [6, 6.07) is 0. The first-order chi connectivity index (χ1) is 9.04. The molecule has 1 aromatic rings. The molecule has 0 saturated heterocycles. The largest absolute Gasteiger partial charge is 0.473 e. The highest BCUT2D eigenvalue weighted by atomic mass is 16.6. The fourth-order valence-corrected chi connectivity index (χ4v) is 1.30. The number of aromatic nitrogens is 2. The second-order valence-corrected chi connectivity index (χ2v) is 4.60. The van der Waals surface area contributed by atoms with Gasteiger partial charge >= 0.3 is 5.69 Å². The number of hydrogen-bond acceptors (Lipinski definition) is 6. The van der Waals surface area contributed by atoms with Crippen LogP contribution in [0.15, 0.2) is 6.20 Å². The maximum absolute atomic E-state index is 10.9. The molecule has 0 bridgehead atoms. The normalized spacial score (nSPS) is 10.5. The van der Waals surface area contributed by atoms with E-state index in [1.54, 1.807) is 0 Å². The molecule has 106 valence electrons. The summed E-state index contributed by atoms with van der Waals surface area (Å²) < 4.78 is 5.40. The minimum atomic E-state index is -0.533. The lowest BCUT2D eigenvalue weighted by Gasteiger charge is -2.09. The van der Waals surface area contributed by atoms with Gasteiger partial charge in [-0.25, -0.2) is 4.98 Å². The zero-order valence-electron chi connectivity index (χ0n) is 11.5. The maximum Gasteiger partial charge on any atom is 0.349 e. The number of nitrogens with one attached hydrogen (secondary N) is 1. The summed E-state index contributed by atoms with van der Waals surface area (Å²) in [5, 5.41) is 13.8. The van der Waals surface area contributed by atoms with Crippen LogP contribution in [0.5, 0.6) is 5.88 Å². The van der Waals surface area contributed by atoms with Crippen molar-refractivity contribution in [2.75, 3.05) is 18.5 Å². The number of hydrogen-bond donors (Lipinski definition) is 1. The Bertz CT molecular complexity index is 423. The van der Waals surface area contributed by atoms with Crippen LogP contribution in [0.25, 0.3) is 0 Å². The molecule has 0 spiro atoms. The van der Waals surface area contributed by atoms with Gasteiger partial charge in [0.15, 0.2) is 0 Å². The number of nitro groups is 1. The summed E-state index contributed by atoms with van der Waals surface area (Å²) >= 11 is 0. The van der Waals surface area contributed by atoms with Gasteiger partial charge < -0.3 is 10.1 Å². The van der Waals surface area contributed by atoms with E-state index in [4.69, 9.17) is 4.74 Å². The Morgan fingerprint density at radius 2 is 2.26 bits per heavy atom. The Kier molecular flexibility index (Phi) is 5.98. The van der Waals surface area contributed by atoms with Gasteiger partial charge in [-0.1, -0.05) is 20.8 Å². The topological polar surface area (TPSA) is 90.2 Å². The van der Waals surface area contributed by atoms with Crippen LogP contribution in [0.1, 0.15) is 33.6 Å². The van der Waals surface area contributed by atoms with Crippen molar-refractivity contribution >= 4 is 11.6 Å². The predicted molar refractivity (Wildman–Crippen MR) is 72.4 cm³/mol. The summed E-state index contributed by atoms with van der Waals surface area (Å²) in [6.07, 6.45) is 2.92. The van der Waals surface area contributed by atoms with Crippen LogP contribution in [-0.2, 0) is 0 Å². The third kappa shape index (κ3) is 5.07. The maximum atomic E-state index is 10.9. The SMILES string of the molecule is CCCNc1ncc([N+](=O)[O-])c(OCCC(C)C)n1. The molecule has 1 N–H and O–H groups in total. The Hall–Kier alpha value is -1.92. The van der Waals surface area contributed by atoms with Crippen LogP contribution in [0, 0.1) is 16.0 Å². The first-order valence-corrected chi connectivity index (χ1v) is 6.42. The smallest absolute Gasteiger partial charge is 0.349 e. The van der Waals surface area contributed by atoms with E-state index in [0.717, 1.165) is 12.8 Å². The zero-order valence-corrected chi connectivity index (χ0v) is 11.5. The average Bonchev–Trinajstić information content (AvgIpc) is 2.35. The molecule has 0 saturated carbocycles. The molecule has 1 heterocycles. The lowest BCUT2D eigenvalue weighted by molar-refractivity contribution is -0.386. The van der Waals surface area contributed by atoms with Gasteiger partial charge in [0, 0.05) is 6.54 Å². The van der Waals surface area contributed by atoms with E-state index < -0.39 is 4.92 Å². The first kappa shape index (κ1) is 15.1. The molecule has 0 aliphatic heterocycles. The molecule has 7 nitrogen and oxygen atoms in total. The van der Waals surface area contributed by atoms with E-state index in [1.165, 1.54) is 6.20 Å². The number of nitrogens with zero attached hydrogens (tertiary/aromatic N) is 3. The number of anilines is 1. The molecule has 0 fully saturated rings. The van der Waals surface area contributed by atoms with Crippen LogP contribution in [0.4, 0.5) is 11.6 Å². The molecule has 0 aliphatic rings. The molecule has 0 unspecified atom stereocenters. The van der Waals surface area contributed by atoms with Crippen LogP contribution in [-0.4, -0.2) is 28.0 Å². The van der Waals surface area contributed by atoms with Crippen molar-refractivity contribution in [1.82, 2.24) is 9.97 Å². The van der Waals surface area contributed by atoms with Crippen molar-refractivity contribution in [3.63, 3.8) is 0 Å². The third-order valence-electron chi connectivity index (χ3n) is 2.40. The summed E-state index contributed by atoms with van der Waals surface area (Å²) in [7, 11) is 0. The Morgan fingerprint density at radius 3 is 2.84 bits per heavy atom. The molecule has 0 aliphatic carbocycles. The summed E-state index contributed by atoms with van der Waals surface area (Å²) in [5.74, 6) is 0.852. The van der Waals surface area contributed by atoms with Gasteiger partial charge in [0.25, 0.3) is 5.88 Å². The highest BCUT2D eigenvalue weighted by Crippen LogP contribution is 2.24. The number of ether oxygens (including phenoxy) is 1. The van der Waals surface area contributed by atoms with Crippen LogP contribution >= 0.6 is 0 Å². The molecular formula is C12H20N4O3. The lowest BCUT2D eigenvalue weighted by atomic mass is 10.1. The van der Waals surface area contributed by atoms with Crippen molar-refractivity contribution in [3.05, 3.63) is 16.3 Å². The Labute approximate surface area is 112 Å². The molecule has 1 aromatic heterocycles. The average molecular weight is 268 g/mol. The van der Waals surface area contributed by atoms with Crippen molar-refractivity contribution in [2.45, 2.75) is 33.6 Å². The molecule has 7 heteroatoms. The van der Waals surface area contributed by atoms with Gasteiger partial charge in [-0.05, 0) is 18.8 Å². The lowest BCUT2D eigenvalue weighted by Crippen LogP contribution is -2.09. The van der Waals surface area contributed by atoms with E-state index >= 15 is 0 Å². The van der Waals surface area contributed by atoms with Gasteiger partial charge in [-0.15, -0.1) is 0 Å². The second-order valence-electron chi connectivity index (χ2n) is 4.60. The Balaban J connectivity index is 2.79. The summed E-state index contributed by atoms with van der Waals surface area (Å²) in [4.78, 5) is 18.3. The van der Waals surface area contributed by atoms with Crippen LogP contribution in [0.3, 0.4) is 0 Å². The monoisotopic (exact) mass is 268 g/mol. The van der Waals surface area contributed by atoms with Gasteiger partial charge in [-0.2, -0.15) is 4.98 Å². The van der Waals surface area contributed by atoms with Crippen molar-refractivity contribution in [3.8, 4) is 5.88 Å². The standard InChI is InChI=1S/C12H20N4O3/c1-4-6-13-12-14-8-10(16(17)18)11(15-12)19-7-5-9(2)3/h8-9H,4-7H2,1-3H3,(H,13,14,15). The van der Waals surface area contributed by atoms with E-state index in [2.05, 4.69) is 29.1 Å². The van der Waals surface area contributed by atoms with Crippen LogP contribution in [0.2, 0.25) is 0 Å². The summed E-state index contributed by atoms with van der Waals surface area (Å²) in [5.41, 5.74) is -0.203. The summed E-state index contributed by atoms with van der Waals surface area (Å²) in [6.45, 7) is 7.25. The molecule has 0 atom stereocenters. The molecule has 1 rings (SSSR count). The fraction of sp³-hybridized carbons (Fsp3) is 0.667. The van der Waals surface area contributed by atoms with Crippen molar-refractivity contribution in [2.24, 2.45) is 5.92 Å². The second kappa shape index (κ2) is 7.50.